The Balaban J connectivity index is 1.46. The van der Waals surface area contributed by atoms with Gasteiger partial charge < -0.3 is 10.6 Å². The molecule has 2 aromatic rings. The number of halogens is 2. The fourth-order valence-electron chi connectivity index (χ4n) is 2.65. The standard InChI is InChI=1S/C16H18ClFN4OS2/c17-12-8-11(6-7-13(12)18)19-14(23)9-24-16-22-21-15(25-16)20-10-4-2-1-3-5-10/h6-8,10H,1-5,9H2,(H,19,23)(H,20,21). The Kier molecular flexibility index (Phi) is 6.50. The lowest BCUT2D eigenvalue weighted by atomic mass is 9.96. The lowest BCUT2D eigenvalue weighted by Crippen LogP contribution is -2.21. The van der Waals surface area contributed by atoms with E-state index in [4.69, 9.17) is 11.6 Å². The van der Waals surface area contributed by atoms with Crippen molar-refractivity contribution in [3.63, 3.8) is 0 Å². The number of hydrogen-bond acceptors (Lipinski definition) is 6. The zero-order chi connectivity index (χ0) is 17.6. The molecule has 0 saturated heterocycles. The molecule has 0 atom stereocenters. The monoisotopic (exact) mass is 400 g/mol. The molecule has 1 aliphatic rings. The highest BCUT2D eigenvalue weighted by Gasteiger charge is 2.15. The van der Waals surface area contributed by atoms with Gasteiger partial charge in [0.25, 0.3) is 0 Å². The van der Waals surface area contributed by atoms with E-state index in [1.165, 1.54) is 73.4 Å². The van der Waals surface area contributed by atoms with Crippen molar-refractivity contribution in [3.05, 3.63) is 29.0 Å². The summed E-state index contributed by atoms with van der Waals surface area (Å²) < 4.78 is 13.8. The Morgan fingerprint density at radius 3 is 2.88 bits per heavy atom. The zero-order valence-corrected chi connectivity index (χ0v) is 15.8. The summed E-state index contributed by atoms with van der Waals surface area (Å²) in [4.78, 5) is 12.0. The maximum Gasteiger partial charge on any atom is 0.234 e. The molecule has 1 fully saturated rings. The molecule has 1 aromatic heterocycles. The van der Waals surface area contributed by atoms with Gasteiger partial charge in [0.15, 0.2) is 4.34 Å². The summed E-state index contributed by atoms with van der Waals surface area (Å²) in [6.07, 6.45) is 6.16. The quantitative estimate of drug-likeness (QED) is 0.681. The van der Waals surface area contributed by atoms with Crippen molar-refractivity contribution in [1.29, 1.82) is 0 Å². The van der Waals surface area contributed by atoms with E-state index >= 15 is 0 Å². The third-order valence-electron chi connectivity index (χ3n) is 3.87. The number of nitrogens with one attached hydrogen (secondary N) is 2. The topological polar surface area (TPSA) is 66.9 Å². The van der Waals surface area contributed by atoms with Crippen LogP contribution in [0.4, 0.5) is 15.2 Å². The number of thioether (sulfide) groups is 1. The fourth-order valence-corrected chi connectivity index (χ4v) is 4.46. The van der Waals surface area contributed by atoms with Crippen molar-refractivity contribution in [1.82, 2.24) is 10.2 Å². The molecule has 134 valence electrons. The van der Waals surface area contributed by atoms with Crippen LogP contribution < -0.4 is 10.6 Å². The normalized spacial score (nSPS) is 15.1. The maximum absolute atomic E-state index is 13.1. The first-order valence-corrected chi connectivity index (χ1v) is 10.3. The summed E-state index contributed by atoms with van der Waals surface area (Å²) >= 11 is 8.48. The first kappa shape index (κ1) is 18.4. The molecule has 1 aromatic carbocycles. The second-order valence-electron chi connectivity index (χ2n) is 5.82. The van der Waals surface area contributed by atoms with Crippen molar-refractivity contribution in [3.8, 4) is 0 Å². The summed E-state index contributed by atoms with van der Waals surface area (Å²) in [6, 6.07) is 4.56. The Hall–Kier alpha value is -1.38. The van der Waals surface area contributed by atoms with Crippen molar-refractivity contribution in [2.75, 3.05) is 16.4 Å². The van der Waals surface area contributed by atoms with Crippen molar-refractivity contribution in [2.45, 2.75) is 42.5 Å². The molecule has 0 unspecified atom stereocenters. The minimum absolute atomic E-state index is 0.0204. The third-order valence-corrected chi connectivity index (χ3v) is 6.15. The van der Waals surface area contributed by atoms with Crippen LogP contribution in [-0.2, 0) is 4.79 Å². The average molecular weight is 401 g/mol. The maximum atomic E-state index is 13.1. The molecule has 0 aliphatic heterocycles. The molecule has 5 nitrogen and oxygen atoms in total. The van der Waals surface area contributed by atoms with Crippen LogP contribution in [0.1, 0.15) is 32.1 Å². The number of amides is 1. The molecule has 2 N–H and O–H groups in total. The molecule has 1 heterocycles. The second-order valence-corrected chi connectivity index (χ2v) is 8.43. The SMILES string of the molecule is O=C(CSc1nnc(NC2CCCCC2)s1)Nc1ccc(F)c(Cl)c1. The lowest BCUT2D eigenvalue weighted by molar-refractivity contribution is -0.113. The van der Waals surface area contributed by atoms with E-state index in [0.717, 1.165) is 9.47 Å². The van der Waals surface area contributed by atoms with Gasteiger partial charge in [0, 0.05) is 11.7 Å². The van der Waals surface area contributed by atoms with Gasteiger partial charge in [-0.2, -0.15) is 0 Å². The zero-order valence-electron chi connectivity index (χ0n) is 13.4. The molecule has 3 rings (SSSR count). The number of carbonyl (C=O) groups is 1. The number of carbonyl (C=O) groups excluding carboxylic acids is 1. The van der Waals surface area contributed by atoms with Crippen LogP contribution in [-0.4, -0.2) is 27.9 Å². The fraction of sp³-hybridized carbons (Fsp3) is 0.438. The minimum atomic E-state index is -0.513. The molecular formula is C16H18ClFN4OS2. The van der Waals surface area contributed by atoms with Gasteiger partial charge in [-0.05, 0) is 31.0 Å². The summed E-state index contributed by atoms with van der Waals surface area (Å²) in [7, 11) is 0. The van der Waals surface area contributed by atoms with Gasteiger partial charge >= 0.3 is 0 Å². The van der Waals surface area contributed by atoms with Crippen LogP contribution in [0.15, 0.2) is 22.5 Å². The first-order valence-electron chi connectivity index (χ1n) is 8.08. The first-order chi connectivity index (χ1) is 12.1. The number of rotatable bonds is 6. The predicted octanol–water partition coefficient (Wildman–Crippen LogP) is 4.81. The van der Waals surface area contributed by atoms with Gasteiger partial charge in [-0.15, -0.1) is 10.2 Å². The number of aromatic nitrogens is 2. The number of anilines is 2. The van der Waals surface area contributed by atoms with Gasteiger partial charge in [0.05, 0.1) is 10.8 Å². The predicted molar refractivity (Wildman–Crippen MR) is 101 cm³/mol. The van der Waals surface area contributed by atoms with E-state index in [1.807, 2.05) is 0 Å². The second kappa shape index (κ2) is 8.82. The van der Waals surface area contributed by atoms with E-state index in [-0.39, 0.29) is 16.7 Å². The van der Waals surface area contributed by atoms with E-state index < -0.39 is 5.82 Å². The van der Waals surface area contributed by atoms with Gasteiger partial charge in [0.2, 0.25) is 11.0 Å². The highest BCUT2D eigenvalue weighted by atomic mass is 35.5. The summed E-state index contributed by atoms with van der Waals surface area (Å²) in [6.45, 7) is 0. The Labute approximate surface area is 158 Å². The van der Waals surface area contributed by atoms with Gasteiger partial charge in [-0.3, -0.25) is 4.79 Å². The Bertz CT molecular complexity index is 737. The summed E-state index contributed by atoms with van der Waals surface area (Å²) in [5.74, 6) is -0.516. The van der Waals surface area contributed by atoms with Crippen LogP contribution in [0.2, 0.25) is 5.02 Å². The van der Waals surface area contributed by atoms with E-state index in [9.17, 15) is 9.18 Å². The molecule has 0 spiro atoms. The number of nitrogens with zero attached hydrogens (tertiary/aromatic N) is 2. The molecule has 0 bridgehead atoms. The van der Waals surface area contributed by atoms with Gasteiger partial charge in [-0.1, -0.05) is 54.0 Å². The van der Waals surface area contributed by atoms with E-state index in [2.05, 4.69) is 20.8 Å². The van der Waals surface area contributed by atoms with Crippen LogP contribution >= 0.6 is 34.7 Å². The van der Waals surface area contributed by atoms with Gasteiger partial charge in [-0.25, -0.2) is 4.39 Å². The minimum Gasteiger partial charge on any atom is -0.357 e. The molecule has 25 heavy (non-hydrogen) atoms. The van der Waals surface area contributed by atoms with Crippen LogP contribution in [0.5, 0.6) is 0 Å². The summed E-state index contributed by atoms with van der Waals surface area (Å²) in [5.41, 5.74) is 0.467. The lowest BCUT2D eigenvalue weighted by Gasteiger charge is -2.21. The van der Waals surface area contributed by atoms with Crippen LogP contribution in [0, 0.1) is 5.82 Å². The number of benzene rings is 1. The van der Waals surface area contributed by atoms with E-state index in [0.29, 0.717) is 11.7 Å². The van der Waals surface area contributed by atoms with Crippen molar-refractivity contribution in [2.24, 2.45) is 0 Å². The summed E-state index contributed by atoms with van der Waals surface area (Å²) in [5, 5.41) is 15.1. The van der Waals surface area contributed by atoms with Crippen molar-refractivity contribution < 1.29 is 9.18 Å². The molecule has 9 heteroatoms. The smallest absolute Gasteiger partial charge is 0.234 e. The van der Waals surface area contributed by atoms with Crippen LogP contribution in [0.25, 0.3) is 0 Å². The average Bonchev–Trinajstić information content (AvgIpc) is 3.05. The van der Waals surface area contributed by atoms with Crippen molar-refractivity contribution >= 4 is 51.4 Å². The third kappa shape index (κ3) is 5.55. The highest BCUT2D eigenvalue weighted by molar-refractivity contribution is 8.01. The number of hydrogen-bond donors (Lipinski definition) is 2. The molecule has 1 amide bonds. The van der Waals surface area contributed by atoms with E-state index in [1.54, 1.807) is 0 Å². The largest absolute Gasteiger partial charge is 0.357 e. The molecule has 1 saturated carbocycles. The molecule has 1 aliphatic carbocycles. The van der Waals surface area contributed by atoms with Gasteiger partial charge in [0.1, 0.15) is 5.82 Å². The highest BCUT2D eigenvalue weighted by Crippen LogP contribution is 2.28. The Morgan fingerprint density at radius 2 is 2.12 bits per heavy atom. The van der Waals surface area contributed by atoms with Crippen LogP contribution in [0.3, 0.4) is 0 Å². The molecular weight excluding hydrogens is 383 g/mol. The molecule has 0 radical (unpaired) electrons. The Morgan fingerprint density at radius 1 is 1.32 bits per heavy atom.